The normalized spacial score (nSPS) is 11.8. The van der Waals surface area contributed by atoms with Gasteiger partial charge in [0.05, 0.1) is 13.2 Å². The first-order chi connectivity index (χ1) is 14.1. The number of benzene rings is 1. The van der Waals surface area contributed by atoms with Gasteiger partial charge in [0.25, 0.3) is 5.91 Å². The second kappa shape index (κ2) is 9.74. The molecule has 2 aromatic rings. The van der Waals surface area contributed by atoms with Crippen LogP contribution in [-0.4, -0.2) is 47.3 Å². The van der Waals surface area contributed by atoms with Crippen LogP contribution in [0.2, 0.25) is 0 Å². The summed E-state index contributed by atoms with van der Waals surface area (Å²) in [5, 5.41) is 0. The molecule has 0 saturated heterocycles. The van der Waals surface area contributed by atoms with E-state index in [2.05, 4.69) is 6.92 Å². The van der Waals surface area contributed by atoms with E-state index in [-0.39, 0.29) is 11.7 Å². The third-order valence-electron chi connectivity index (χ3n) is 5.86. The van der Waals surface area contributed by atoms with E-state index in [9.17, 15) is 14.4 Å². The zero-order chi connectivity index (χ0) is 22.6. The molecular formula is C24H32N2O4. The third kappa shape index (κ3) is 4.48. The Morgan fingerprint density at radius 1 is 1.13 bits per heavy atom. The number of ketones is 1. The van der Waals surface area contributed by atoms with E-state index in [4.69, 9.17) is 4.74 Å². The Kier molecular flexibility index (Phi) is 7.59. The van der Waals surface area contributed by atoms with Crippen molar-refractivity contribution in [1.29, 1.82) is 0 Å². The Morgan fingerprint density at radius 2 is 1.73 bits per heavy atom. The lowest BCUT2D eigenvalue weighted by atomic mass is 9.99. The minimum atomic E-state index is -0.678. The van der Waals surface area contributed by atoms with E-state index in [1.807, 2.05) is 24.3 Å². The van der Waals surface area contributed by atoms with Crippen molar-refractivity contribution >= 4 is 17.7 Å². The van der Waals surface area contributed by atoms with Crippen LogP contribution in [0.5, 0.6) is 0 Å². The van der Waals surface area contributed by atoms with Gasteiger partial charge in [0.15, 0.2) is 5.78 Å². The van der Waals surface area contributed by atoms with Gasteiger partial charge in [-0.05, 0) is 56.9 Å². The predicted molar refractivity (Wildman–Crippen MR) is 117 cm³/mol. The number of likely N-dealkylation sites (N-methyl/N-ethyl adjacent to an activating group) is 1. The van der Waals surface area contributed by atoms with Gasteiger partial charge in [-0.25, -0.2) is 4.79 Å². The first kappa shape index (κ1) is 23.4. The summed E-state index contributed by atoms with van der Waals surface area (Å²) in [4.78, 5) is 39.8. The highest BCUT2D eigenvalue weighted by Gasteiger charge is 2.31. The van der Waals surface area contributed by atoms with E-state index in [0.29, 0.717) is 28.1 Å². The Balaban J connectivity index is 2.25. The van der Waals surface area contributed by atoms with Gasteiger partial charge in [0, 0.05) is 30.9 Å². The van der Waals surface area contributed by atoms with Gasteiger partial charge in [-0.2, -0.15) is 0 Å². The highest BCUT2D eigenvalue weighted by atomic mass is 16.5. The van der Waals surface area contributed by atoms with Crippen LogP contribution < -0.4 is 0 Å². The van der Waals surface area contributed by atoms with Crippen molar-refractivity contribution in [1.82, 2.24) is 9.47 Å². The van der Waals surface area contributed by atoms with Crippen LogP contribution in [0.4, 0.5) is 0 Å². The van der Waals surface area contributed by atoms with Crippen LogP contribution in [-0.2, 0) is 18.2 Å². The summed E-state index contributed by atoms with van der Waals surface area (Å²) in [6.45, 7) is 7.38. The first-order valence-corrected chi connectivity index (χ1v) is 10.3. The number of esters is 1. The topological polar surface area (TPSA) is 68.6 Å². The molecule has 0 aliphatic rings. The summed E-state index contributed by atoms with van der Waals surface area (Å²) in [7, 11) is 4.67. The average Bonchev–Trinajstić information content (AvgIpc) is 2.98. The largest absolute Gasteiger partial charge is 0.464 e. The Bertz CT molecular complexity index is 941. The van der Waals surface area contributed by atoms with Crippen molar-refractivity contribution in [2.24, 2.45) is 7.05 Å². The molecule has 1 amide bonds. The maximum absolute atomic E-state index is 13.3. The summed E-state index contributed by atoms with van der Waals surface area (Å²) < 4.78 is 6.51. The number of carbonyl (C=O) groups excluding carboxylic acids is 3. The zero-order valence-corrected chi connectivity index (χ0v) is 19.0. The molecule has 162 valence electrons. The van der Waals surface area contributed by atoms with Gasteiger partial charge < -0.3 is 14.2 Å². The van der Waals surface area contributed by atoms with E-state index >= 15 is 0 Å². The molecule has 0 aliphatic carbocycles. The quantitative estimate of drug-likeness (QED) is 0.483. The van der Waals surface area contributed by atoms with E-state index in [0.717, 1.165) is 19.3 Å². The molecule has 0 unspecified atom stereocenters. The molecule has 1 aromatic heterocycles. The minimum Gasteiger partial charge on any atom is -0.464 e. The molecule has 0 aliphatic heterocycles. The van der Waals surface area contributed by atoms with Crippen molar-refractivity contribution in [3.8, 4) is 0 Å². The van der Waals surface area contributed by atoms with Crippen molar-refractivity contribution in [2.75, 3.05) is 14.2 Å². The second-order valence-corrected chi connectivity index (χ2v) is 7.74. The molecular weight excluding hydrogens is 380 g/mol. The van der Waals surface area contributed by atoms with E-state index < -0.39 is 12.0 Å². The summed E-state index contributed by atoms with van der Waals surface area (Å²) in [5.74, 6) is -0.902. The maximum Gasteiger partial charge on any atom is 0.354 e. The van der Waals surface area contributed by atoms with Gasteiger partial charge in [-0.3, -0.25) is 9.59 Å². The number of aromatic nitrogens is 1. The first-order valence-electron chi connectivity index (χ1n) is 10.3. The minimum absolute atomic E-state index is 0.203. The summed E-state index contributed by atoms with van der Waals surface area (Å²) in [5.41, 5.74) is 3.80. The number of aryl methyl sites for hydroxylation is 1. The van der Waals surface area contributed by atoms with Gasteiger partial charge in [-0.15, -0.1) is 0 Å². The lowest BCUT2D eigenvalue weighted by Crippen LogP contribution is -2.40. The molecule has 1 aromatic carbocycles. The van der Waals surface area contributed by atoms with Gasteiger partial charge in [-0.1, -0.05) is 25.5 Å². The highest BCUT2D eigenvalue weighted by molar-refractivity contribution is 6.07. The average molecular weight is 413 g/mol. The number of Topliss-reactive ketones (excluding diaryl/α,β-unsaturated/α-hetero) is 1. The van der Waals surface area contributed by atoms with Crippen LogP contribution in [0, 0.1) is 13.8 Å². The molecule has 1 atom stereocenters. The number of rotatable bonds is 8. The van der Waals surface area contributed by atoms with Crippen LogP contribution in [0.1, 0.15) is 74.7 Å². The lowest BCUT2D eigenvalue weighted by Gasteiger charge is -2.24. The fraction of sp³-hybridized carbons (Fsp3) is 0.458. The fourth-order valence-corrected chi connectivity index (χ4v) is 3.69. The number of methoxy groups -OCH3 is 1. The molecule has 1 heterocycles. The summed E-state index contributed by atoms with van der Waals surface area (Å²) in [6, 6.07) is 6.89. The molecule has 0 bridgehead atoms. The number of unbranched alkanes of at least 4 members (excludes halogenated alkanes) is 1. The Morgan fingerprint density at radius 3 is 2.27 bits per heavy atom. The predicted octanol–water partition coefficient (Wildman–Crippen LogP) is 4.11. The van der Waals surface area contributed by atoms with Crippen LogP contribution >= 0.6 is 0 Å². The Hall–Kier alpha value is -2.89. The van der Waals surface area contributed by atoms with Gasteiger partial charge in [0.2, 0.25) is 0 Å². The number of hydrogen-bond acceptors (Lipinski definition) is 4. The lowest BCUT2D eigenvalue weighted by molar-refractivity contribution is 0.0588. The van der Waals surface area contributed by atoms with Crippen LogP contribution in [0.15, 0.2) is 24.3 Å². The Labute approximate surface area is 178 Å². The molecule has 2 rings (SSSR count). The smallest absolute Gasteiger partial charge is 0.354 e. The van der Waals surface area contributed by atoms with Crippen molar-refractivity contribution in [3.63, 3.8) is 0 Å². The van der Waals surface area contributed by atoms with Crippen LogP contribution in [0.25, 0.3) is 0 Å². The summed E-state index contributed by atoms with van der Waals surface area (Å²) in [6.07, 6.45) is 3.23. The second-order valence-electron chi connectivity index (χ2n) is 7.74. The van der Waals surface area contributed by atoms with Gasteiger partial charge in [0.1, 0.15) is 5.69 Å². The molecule has 30 heavy (non-hydrogen) atoms. The van der Waals surface area contributed by atoms with Crippen molar-refractivity contribution < 1.29 is 19.1 Å². The number of ether oxygens (including phenoxy) is 1. The van der Waals surface area contributed by atoms with Crippen molar-refractivity contribution in [3.05, 3.63) is 57.9 Å². The number of hydrogen-bond donors (Lipinski definition) is 0. The number of nitrogens with zero attached hydrogens (tertiary/aromatic N) is 2. The molecule has 0 N–H and O–H groups in total. The van der Waals surface area contributed by atoms with E-state index in [1.165, 1.54) is 17.6 Å². The molecule has 6 nitrogen and oxygen atoms in total. The molecule has 0 radical (unpaired) electrons. The van der Waals surface area contributed by atoms with Gasteiger partial charge >= 0.3 is 5.97 Å². The molecule has 0 saturated carbocycles. The standard InChI is InChI=1S/C24H32N2O4/c1-8-9-10-18-11-13-19(14-12-18)23(28)26(6)17(4)22(27)20-15(2)21(24(29)30-7)25(5)16(20)3/h11-14,17H,8-10H2,1-7H3/t17-/m0/s1. The van der Waals surface area contributed by atoms with Crippen molar-refractivity contribution in [2.45, 2.75) is 53.0 Å². The molecule has 0 spiro atoms. The number of carbonyl (C=O) groups is 3. The monoisotopic (exact) mass is 412 g/mol. The SMILES string of the molecule is CCCCc1ccc(C(=O)N(C)[C@@H](C)C(=O)c2c(C)c(C(=O)OC)n(C)c2C)cc1. The zero-order valence-electron chi connectivity index (χ0n) is 19.0. The fourth-order valence-electron chi connectivity index (χ4n) is 3.69. The molecule has 0 fully saturated rings. The third-order valence-corrected chi connectivity index (χ3v) is 5.86. The van der Waals surface area contributed by atoms with E-state index in [1.54, 1.807) is 39.4 Å². The summed E-state index contributed by atoms with van der Waals surface area (Å²) >= 11 is 0. The molecule has 6 heteroatoms. The van der Waals surface area contributed by atoms with Crippen LogP contribution in [0.3, 0.4) is 0 Å². The number of amides is 1. The highest BCUT2D eigenvalue weighted by Crippen LogP contribution is 2.24. The maximum atomic E-state index is 13.3.